The zero-order chi connectivity index (χ0) is 18.1. The molecular weight excluding hydrogens is 296 g/mol. The average molecular weight is 333 g/mol. The molecule has 1 fully saturated rings. The smallest absolute Gasteiger partial charge is 0.203 e. The lowest BCUT2D eigenvalue weighted by molar-refractivity contribution is -0.121. The number of benzene rings is 1. The highest BCUT2D eigenvalue weighted by Crippen LogP contribution is 2.45. The standard InChI is InChI=1S/C21H36N2O/c1-9-24-21(20(6,7)8)22-13-14-23(21)19-17(15(2)3)11-10-12-18(19)16(4)5/h10-12,15-16,22H,9,13-14H2,1-8H3. The highest BCUT2D eigenvalue weighted by atomic mass is 16.5. The van der Waals surface area contributed by atoms with Gasteiger partial charge in [-0.1, -0.05) is 66.7 Å². The molecule has 3 nitrogen and oxygen atoms in total. The van der Waals surface area contributed by atoms with E-state index in [2.05, 4.69) is 83.8 Å². The molecule has 24 heavy (non-hydrogen) atoms. The topological polar surface area (TPSA) is 24.5 Å². The van der Waals surface area contributed by atoms with E-state index in [1.807, 2.05) is 0 Å². The number of nitrogens with one attached hydrogen (secondary N) is 1. The molecule has 0 aromatic heterocycles. The van der Waals surface area contributed by atoms with Gasteiger partial charge in [0.25, 0.3) is 0 Å². The van der Waals surface area contributed by atoms with E-state index in [-0.39, 0.29) is 5.41 Å². The molecule has 0 amide bonds. The predicted octanol–water partition coefficient (Wildman–Crippen LogP) is 5.08. The molecule has 0 saturated carbocycles. The van der Waals surface area contributed by atoms with Gasteiger partial charge in [0, 0.05) is 30.8 Å². The minimum Gasteiger partial charge on any atom is -0.342 e. The first kappa shape index (κ1) is 19.3. The molecule has 3 heteroatoms. The molecule has 1 N–H and O–H groups in total. The van der Waals surface area contributed by atoms with E-state index >= 15 is 0 Å². The van der Waals surface area contributed by atoms with Crippen LogP contribution in [0.2, 0.25) is 0 Å². The molecule has 0 spiro atoms. The van der Waals surface area contributed by atoms with E-state index in [0.717, 1.165) is 13.1 Å². The number of para-hydroxylation sites is 1. The van der Waals surface area contributed by atoms with E-state index in [4.69, 9.17) is 4.74 Å². The predicted molar refractivity (Wildman–Crippen MR) is 104 cm³/mol. The Morgan fingerprint density at radius 3 is 2.08 bits per heavy atom. The maximum Gasteiger partial charge on any atom is 0.203 e. The summed E-state index contributed by atoms with van der Waals surface area (Å²) in [5.41, 5.74) is 4.16. The van der Waals surface area contributed by atoms with Gasteiger partial charge in [0.2, 0.25) is 5.85 Å². The van der Waals surface area contributed by atoms with Crippen LogP contribution in [-0.4, -0.2) is 25.5 Å². The summed E-state index contributed by atoms with van der Waals surface area (Å²) in [6.07, 6.45) is 0. The van der Waals surface area contributed by atoms with Crippen LogP contribution >= 0.6 is 0 Å². The van der Waals surface area contributed by atoms with Crippen molar-refractivity contribution in [2.24, 2.45) is 5.41 Å². The molecule has 1 heterocycles. The quantitative estimate of drug-likeness (QED) is 0.814. The van der Waals surface area contributed by atoms with Crippen molar-refractivity contribution < 1.29 is 4.74 Å². The van der Waals surface area contributed by atoms with Crippen molar-refractivity contribution in [2.75, 3.05) is 24.6 Å². The Bertz CT molecular complexity index is 533. The largest absolute Gasteiger partial charge is 0.342 e. The van der Waals surface area contributed by atoms with Gasteiger partial charge >= 0.3 is 0 Å². The molecule has 1 aromatic carbocycles. The van der Waals surface area contributed by atoms with Crippen LogP contribution in [0.25, 0.3) is 0 Å². The molecule has 1 aromatic rings. The van der Waals surface area contributed by atoms with Crippen LogP contribution < -0.4 is 10.2 Å². The fraction of sp³-hybridized carbons (Fsp3) is 0.714. The number of nitrogens with zero attached hydrogens (tertiary/aromatic N) is 1. The Morgan fingerprint density at radius 1 is 1.12 bits per heavy atom. The Labute approximate surface area is 148 Å². The van der Waals surface area contributed by atoms with Gasteiger partial charge < -0.3 is 9.64 Å². The first-order chi connectivity index (χ1) is 11.2. The third-order valence-corrected chi connectivity index (χ3v) is 5.06. The molecule has 1 atom stereocenters. The first-order valence-corrected chi connectivity index (χ1v) is 9.45. The van der Waals surface area contributed by atoms with Crippen LogP contribution in [0, 0.1) is 5.41 Å². The fourth-order valence-corrected chi connectivity index (χ4v) is 3.91. The van der Waals surface area contributed by atoms with Crippen LogP contribution in [0.1, 0.15) is 78.4 Å². The summed E-state index contributed by atoms with van der Waals surface area (Å²) in [5, 5.41) is 3.70. The maximum atomic E-state index is 6.41. The second kappa shape index (κ2) is 7.05. The second-order valence-corrected chi connectivity index (χ2v) is 8.50. The number of anilines is 1. The Hall–Kier alpha value is -1.06. The van der Waals surface area contributed by atoms with Gasteiger partial charge in [0.1, 0.15) is 0 Å². The lowest BCUT2D eigenvalue weighted by Gasteiger charge is -2.49. The first-order valence-electron chi connectivity index (χ1n) is 9.45. The third kappa shape index (κ3) is 3.21. The van der Waals surface area contributed by atoms with Crippen molar-refractivity contribution in [3.8, 4) is 0 Å². The van der Waals surface area contributed by atoms with Gasteiger partial charge in [-0.05, 0) is 29.9 Å². The second-order valence-electron chi connectivity index (χ2n) is 8.50. The molecule has 0 radical (unpaired) electrons. The lowest BCUT2D eigenvalue weighted by atomic mass is 9.85. The summed E-state index contributed by atoms with van der Waals surface area (Å²) in [4.78, 5) is 2.50. The van der Waals surface area contributed by atoms with Crippen molar-refractivity contribution >= 4 is 5.69 Å². The van der Waals surface area contributed by atoms with Crippen LogP contribution in [0.3, 0.4) is 0 Å². The Kier molecular flexibility index (Phi) is 5.66. The molecule has 1 unspecified atom stereocenters. The fourth-order valence-electron chi connectivity index (χ4n) is 3.91. The minimum absolute atomic E-state index is 0.0438. The zero-order valence-electron chi connectivity index (χ0n) is 16.9. The summed E-state index contributed by atoms with van der Waals surface area (Å²) in [6.45, 7) is 20.6. The van der Waals surface area contributed by atoms with Crippen LogP contribution in [-0.2, 0) is 4.74 Å². The molecule has 1 saturated heterocycles. The van der Waals surface area contributed by atoms with Crippen LogP contribution in [0.5, 0.6) is 0 Å². The van der Waals surface area contributed by atoms with E-state index < -0.39 is 5.85 Å². The van der Waals surface area contributed by atoms with Crippen molar-refractivity contribution in [3.05, 3.63) is 29.3 Å². The molecular formula is C21H36N2O. The summed E-state index contributed by atoms with van der Waals surface area (Å²) < 4.78 is 6.41. The molecule has 136 valence electrons. The van der Waals surface area contributed by atoms with Crippen molar-refractivity contribution in [1.29, 1.82) is 0 Å². The van der Waals surface area contributed by atoms with E-state index in [1.54, 1.807) is 0 Å². The van der Waals surface area contributed by atoms with Gasteiger partial charge in [-0.2, -0.15) is 0 Å². The normalized spacial score (nSPS) is 22.0. The monoisotopic (exact) mass is 332 g/mol. The molecule has 1 aliphatic heterocycles. The van der Waals surface area contributed by atoms with Gasteiger partial charge in [-0.3, -0.25) is 5.32 Å². The van der Waals surface area contributed by atoms with Gasteiger partial charge in [-0.25, -0.2) is 0 Å². The number of hydrogen-bond donors (Lipinski definition) is 1. The molecule has 0 bridgehead atoms. The highest BCUT2D eigenvalue weighted by Gasteiger charge is 2.52. The molecule has 0 aliphatic carbocycles. The summed E-state index contributed by atoms with van der Waals surface area (Å²) in [5.74, 6) is 0.508. The van der Waals surface area contributed by atoms with E-state index in [1.165, 1.54) is 16.8 Å². The average Bonchev–Trinajstić information content (AvgIpc) is 2.91. The highest BCUT2D eigenvalue weighted by molar-refractivity contribution is 5.64. The van der Waals surface area contributed by atoms with E-state index in [9.17, 15) is 0 Å². The van der Waals surface area contributed by atoms with Gasteiger partial charge in [0.15, 0.2) is 0 Å². The summed E-state index contributed by atoms with van der Waals surface area (Å²) in [6, 6.07) is 6.77. The summed E-state index contributed by atoms with van der Waals surface area (Å²) >= 11 is 0. The number of ether oxygens (including phenoxy) is 1. The van der Waals surface area contributed by atoms with Crippen molar-refractivity contribution in [3.63, 3.8) is 0 Å². The zero-order valence-corrected chi connectivity index (χ0v) is 16.9. The lowest BCUT2D eigenvalue weighted by Crippen LogP contribution is -2.63. The van der Waals surface area contributed by atoms with Gasteiger partial charge in [0.05, 0.1) is 0 Å². The maximum absolute atomic E-state index is 6.41. The number of rotatable bonds is 5. The van der Waals surface area contributed by atoms with Gasteiger partial charge in [-0.15, -0.1) is 0 Å². The van der Waals surface area contributed by atoms with E-state index in [0.29, 0.717) is 18.4 Å². The molecule has 2 rings (SSSR count). The summed E-state index contributed by atoms with van der Waals surface area (Å²) in [7, 11) is 0. The minimum atomic E-state index is -0.462. The third-order valence-electron chi connectivity index (χ3n) is 5.06. The van der Waals surface area contributed by atoms with Crippen LogP contribution in [0.4, 0.5) is 5.69 Å². The van der Waals surface area contributed by atoms with Crippen molar-refractivity contribution in [2.45, 2.75) is 73.1 Å². The van der Waals surface area contributed by atoms with Crippen LogP contribution in [0.15, 0.2) is 18.2 Å². The van der Waals surface area contributed by atoms with Crippen molar-refractivity contribution in [1.82, 2.24) is 5.32 Å². The SMILES string of the molecule is CCOC1(C(C)(C)C)NCCN1c1c(C(C)C)cccc1C(C)C. The number of hydrogen-bond acceptors (Lipinski definition) is 3. The molecule has 1 aliphatic rings. The Morgan fingerprint density at radius 2 is 1.67 bits per heavy atom. The Balaban J connectivity index is 2.68.